The Morgan fingerprint density at radius 3 is 1.61 bits per heavy atom. The molecule has 0 saturated heterocycles. The van der Waals surface area contributed by atoms with Gasteiger partial charge in [0.05, 0.1) is 40.2 Å². The molecule has 0 atom stereocenters. The molecular formula is C30H31ClN8O6S. The molecule has 0 unspecified atom stereocenters. The van der Waals surface area contributed by atoms with Crippen LogP contribution in [0.4, 0.5) is 17.1 Å². The van der Waals surface area contributed by atoms with E-state index in [1.54, 1.807) is 44.3 Å². The van der Waals surface area contributed by atoms with Crippen LogP contribution in [-0.4, -0.2) is 63.9 Å². The maximum absolute atomic E-state index is 13.1. The number of halogens is 1. The van der Waals surface area contributed by atoms with Gasteiger partial charge in [-0.05, 0) is 42.5 Å². The number of benzene rings is 1. The second kappa shape index (κ2) is 14.2. The van der Waals surface area contributed by atoms with Crippen LogP contribution in [0.3, 0.4) is 0 Å². The van der Waals surface area contributed by atoms with Crippen LogP contribution in [0.2, 0.25) is 0 Å². The van der Waals surface area contributed by atoms with E-state index in [2.05, 4.69) is 21.3 Å². The molecule has 0 bridgehead atoms. The Labute approximate surface area is 269 Å². The first-order valence-corrected chi connectivity index (χ1v) is 16.0. The molecule has 4 aromatic rings. The van der Waals surface area contributed by atoms with E-state index in [0.29, 0.717) is 22.8 Å². The highest BCUT2D eigenvalue weighted by atomic mass is 35.5. The number of aromatic nitrogens is 3. The molecule has 4 N–H and O–H groups in total. The first kappa shape index (κ1) is 33.6. The maximum Gasteiger partial charge on any atom is 0.272 e. The molecular weight excluding hydrogens is 636 g/mol. The normalized spacial score (nSPS) is 11.0. The Bertz CT molecular complexity index is 1950. The summed E-state index contributed by atoms with van der Waals surface area (Å²) in [7, 11) is 1.39. The van der Waals surface area contributed by atoms with E-state index >= 15 is 0 Å². The highest BCUT2D eigenvalue weighted by Crippen LogP contribution is 2.21. The largest absolute Gasteiger partial charge is 0.350 e. The molecule has 14 nitrogen and oxygen atoms in total. The number of carbonyl (C=O) groups excluding carboxylic acids is 4. The number of hydrogen-bond donors (Lipinski definition) is 4. The summed E-state index contributed by atoms with van der Waals surface area (Å²) in [5, 5.41) is 19.4. The van der Waals surface area contributed by atoms with Crippen molar-refractivity contribution in [2.24, 2.45) is 21.1 Å². The van der Waals surface area contributed by atoms with Gasteiger partial charge in [-0.3, -0.25) is 19.2 Å². The van der Waals surface area contributed by atoms with E-state index in [9.17, 15) is 27.6 Å². The smallest absolute Gasteiger partial charge is 0.272 e. The van der Waals surface area contributed by atoms with Crippen molar-refractivity contribution in [1.29, 1.82) is 5.26 Å². The average molecular weight is 667 g/mol. The number of anilines is 3. The Morgan fingerprint density at radius 1 is 0.739 bits per heavy atom. The van der Waals surface area contributed by atoms with Crippen molar-refractivity contribution >= 4 is 62.1 Å². The van der Waals surface area contributed by atoms with Crippen molar-refractivity contribution in [3.8, 4) is 6.07 Å². The zero-order chi connectivity index (χ0) is 33.6. The lowest BCUT2D eigenvalue weighted by Gasteiger charge is -2.05. The van der Waals surface area contributed by atoms with Crippen LogP contribution in [0.25, 0.3) is 0 Å². The summed E-state index contributed by atoms with van der Waals surface area (Å²) in [6.45, 7) is 0.207. The fourth-order valence-corrected chi connectivity index (χ4v) is 6.12. The summed E-state index contributed by atoms with van der Waals surface area (Å²) >= 11 is 5.56. The van der Waals surface area contributed by atoms with Crippen molar-refractivity contribution in [3.63, 3.8) is 0 Å². The van der Waals surface area contributed by atoms with Gasteiger partial charge in [0.15, 0.2) is 9.84 Å². The first-order valence-electron chi connectivity index (χ1n) is 13.8. The molecule has 46 heavy (non-hydrogen) atoms. The SMILES string of the molecule is Cn1cc(NC(=O)c2cc(NC(=O)c3cc(NC(=O)c4ccc(S(=O)(=O)CCCl)cc4)cn3C)cn2C)cc1C(=O)NCCC#N. The summed E-state index contributed by atoms with van der Waals surface area (Å²) in [5.74, 6) is -2.10. The minimum Gasteiger partial charge on any atom is -0.350 e. The number of nitrogens with one attached hydrogen (secondary N) is 4. The van der Waals surface area contributed by atoms with Gasteiger partial charge in [-0.15, -0.1) is 11.6 Å². The molecule has 3 heterocycles. The van der Waals surface area contributed by atoms with Crippen LogP contribution in [0.1, 0.15) is 48.2 Å². The second-order valence-corrected chi connectivity index (χ2v) is 12.7. The number of rotatable bonds is 12. The van der Waals surface area contributed by atoms with Gasteiger partial charge >= 0.3 is 0 Å². The molecule has 240 valence electrons. The lowest BCUT2D eigenvalue weighted by molar-refractivity contribution is 0.0944. The van der Waals surface area contributed by atoms with Gasteiger partial charge in [-0.25, -0.2) is 8.42 Å². The van der Waals surface area contributed by atoms with Crippen LogP contribution < -0.4 is 21.3 Å². The number of nitrogens with zero attached hydrogens (tertiary/aromatic N) is 4. The van der Waals surface area contributed by atoms with Gasteiger partial charge in [-0.1, -0.05) is 0 Å². The number of carbonyl (C=O) groups is 4. The molecule has 0 aliphatic rings. The van der Waals surface area contributed by atoms with E-state index < -0.39 is 27.6 Å². The standard InChI is InChI=1S/C30H31ClN8O6S/c1-37-17-21(13-24(37)28(41)33-11-4-10-32)35-30(43)26-15-22(18-39(26)3)36-29(42)25-14-20(16-38(25)2)34-27(40)19-5-7-23(8-6-19)46(44,45)12-9-31/h5-8,13-18H,4,9,11-12H2,1-3H3,(H,33,41)(H,34,40)(H,35,43)(H,36,42). The molecule has 16 heteroatoms. The summed E-state index contributed by atoms with van der Waals surface area (Å²) in [5.41, 5.74) is 2.05. The van der Waals surface area contributed by atoms with Crippen LogP contribution in [0.15, 0.2) is 66.0 Å². The van der Waals surface area contributed by atoms with Gasteiger partial charge in [0.1, 0.15) is 17.1 Å². The maximum atomic E-state index is 13.1. The second-order valence-electron chi connectivity index (χ2n) is 10.2. The summed E-state index contributed by atoms with van der Waals surface area (Å²) < 4.78 is 28.9. The number of nitriles is 1. The predicted octanol–water partition coefficient (Wildman–Crippen LogP) is 3.11. The number of alkyl halides is 1. The van der Waals surface area contributed by atoms with Gasteiger partial charge in [-0.2, -0.15) is 5.26 Å². The van der Waals surface area contributed by atoms with E-state index in [4.69, 9.17) is 16.9 Å². The van der Waals surface area contributed by atoms with Crippen LogP contribution in [0.5, 0.6) is 0 Å². The Morgan fingerprint density at radius 2 is 1.17 bits per heavy atom. The molecule has 1 aromatic carbocycles. The monoisotopic (exact) mass is 666 g/mol. The van der Waals surface area contributed by atoms with E-state index in [-0.39, 0.29) is 52.4 Å². The molecule has 4 rings (SSSR count). The molecule has 3 aromatic heterocycles. The fraction of sp³-hybridized carbons (Fsp3) is 0.233. The Kier molecular flexibility index (Phi) is 10.3. The predicted molar refractivity (Wildman–Crippen MR) is 172 cm³/mol. The number of sulfone groups is 1. The first-order chi connectivity index (χ1) is 21.8. The number of amides is 4. The van der Waals surface area contributed by atoms with Crippen molar-refractivity contribution in [1.82, 2.24) is 19.0 Å². The number of aryl methyl sites for hydroxylation is 3. The van der Waals surface area contributed by atoms with Gasteiger partial charge in [0.2, 0.25) is 0 Å². The van der Waals surface area contributed by atoms with E-state index in [0.717, 1.165) is 0 Å². The topological polar surface area (TPSA) is 189 Å². The molecule has 4 amide bonds. The van der Waals surface area contributed by atoms with E-state index in [1.165, 1.54) is 51.6 Å². The Balaban J connectivity index is 1.39. The van der Waals surface area contributed by atoms with Gasteiger partial charge in [0.25, 0.3) is 23.6 Å². The van der Waals surface area contributed by atoms with Crippen molar-refractivity contribution in [2.75, 3.05) is 34.1 Å². The summed E-state index contributed by atoms with van der Waals surface area (Å²) in [4.78, 5) is 51.3. The zero-order valence-corrected chi connectivity index (χ0v) is 26.7. The molecule has 0 aliphatic heterocycles. The molecule has 0 radical (unpaired) electrons. The molecule has 0 fully saturated rings. The average Bonchev–Trinajstić information content (AvgIpc) is 3.68. The molecule has 0 aliphatic carbocycles. The highest BCUT2D eigenvalue weighted by Gasteiger charge is 2.20. The summed E-state index contributed by atoms with van der Waals surface area (Å²) in [6.07, 6.45) is 4.87. The van der Waals surface area contributed by atoms with Gasteiger partial charge in [0, 0.05) is 57.7 Å². The molecule has 0 saturated carbocycles. The van der Waals surface area contributed by atoms with Crippen LogP contribution >= 0.6 is 11.6 Å². The van der Waals surface area contributed by atoms with Crippen LogP contribution in [-0.2, 0) is 31.0 Å². The highest BCUT2D eigenvalue weighted by molar-refractivity contribution is 7.91. The number of hydrogen-bond acceptors (Lipinski definition) is 7. The third kappa shape index (κ3) is 7.84. The lowest BCUT2D eigenvalue weighted by atomic mass is 10.2. The van der Waals surface area contributed by atoms with Crippen molar-refractivity contribution in [2.45, 2.75) is 11.3 Å². The van der Waals surface area contributed by atoms with Crippen molar-refractivity contribution in [3.05, 3.63) is 83.7 Å². The Hall–Kier alpha value is -5.33. The zero-order valence-electron chi connectivity index (χ0n) is 25.1. The lowest BCUT2D eigenvalue weighted by Crippen LogP contribution is -2.25. The summed E-state index contributed by atoms with van der Waals surface area (Å²) in [6, 6.07) is 11.9. The minimum atomic E-state index is -3.53. The third-order valence-corrected chi connectivity index (χ3v) is 8.98. The minimum absolute atomic E-state index is 0.0423. The third-order valence-electron chi connectivity index (χ3n) is 6.83. The molecule has 0 spiro atoms. The van der Waals surface area contributed by atoms with Crippen molar-refractivity contribution < 1.29 is 27.6 Å². The quantitative estimate of drug-likeness (QED) is 0.132. The fourth-order valence-electron chi connectivity index (χ4n) is 4.52. The van der Waals surface area contributed by atoms with Crippen LogP contribution in [0, 0.1) is 11.3 Å². The van der Waals surface area contributed by atoms with E-state index in [1.807, 2.05) is 6.07 Å². The van der Waals surface area contributed by atoms with Gasteiger partial charge < -0.3 is 35.0 Å².